The van der Waals surface area contributed by atoms with Gasteiger partial charge in [0.2, 0.25) is 5.78 Å². The smallest absolute Gasteiger partial charge is 0.290 e. The number of aliphatic hydroxyl groups excluding tert-OH is 2. The zero-order chi connectivity index (χ0) is 21.7. The topological polar surface area (TPSA) is 106 Å². The zero-order valence-corrected chi connectivity index (χ0v) is 17.5. The molecule has 0 bridgehead atoms. The number of nitrogens with zero attached hydrogens (tertiary/aromatic N) is 1. The van der Waals surface area contributed by atoms with Gasteiger partial charge < -0.3 is 29.3 Å². The molecule has 3 rings (SSSR count). The summed E-state index contributed by atoms with van der Waals surface area (Å²) in [5, 5.41) is 21.2. The van der Waals surface area contributed by atoms with Crippen molar-refractivity contribution in [1.82, 2.24) is 4.90 Å². The number of ketones is 1. The molecule has 1 atom stereocenters. The molecule has 0 spiro atoms. The third kappa shape index (κ3) is 4.18. The maximum Gasteiger partial charge on any atom is 0.290 e. The minimum absolute atomic E-state index is 0.0110. The van der Waals surface area contributed by atoms with Gasteiger partial charge in [0.1, 0.15) is 0 Å². The van der Waals surface area contributed by atoms with Crippen LogP contribution in [0.3, 0.4) is 0 Å². The Labute approximate surface area is 177 Å². The van der Waals surface area contributed by atoms with E-state index in [0.717, 1.165) is 0 Å². The fourth-order valence-electron chi connectivity index (χ4n) is 3.36. The lowest BCUT2D eigenvalue weighted by Gasteiger charge is -2.27. The van der Waals surface area contributed by atoms with E-state index in [1.165, 1.54) is 30.5 Å². The lowest BCUT2D eigenvalue weighted by Crippen LogP contribution is -2.34. The molecular weight excluding hydrogens is 410 g/mol. The molecule has 1 aromatic carbocycles. The van der Waals surface area contributed by atoms with Crippen molar-refractivity contribution >= 4 is 23.0 Å². The first-order chi connectivity index (χ1) is 14.5. The SMILES string of the molecule is COc1ccc(C2C(C(=O)c3cccs3)=C(O)C(=O)N2CCOCCO)cc1OC. The van der Waals surface area contributed by atoms with Gasteiger partial charge >= 0.3 is 0 Å². The van der Waals surface area contributed by atoms with Crippen molar-refractivity contribution in [3.63, 3.8) is 0 Å². The van der Waals surface area contributed by atoms with Gasteiger partial charge in [0.25, 0.3) is 5.91 Å². The molecule has 1 aliphatic heterocycles. The van der Waals surface area contributed by atoms with Gasteiger partial charge in [-0.15, -0.1) is 11.3 Å². The summed E-state index contributed by atoms with van der Waals surface area (Å²) in [6.07, 6.45) is 0. The van der Waals surface area contributed by atoms with Gasteiger partial charge in [-0.25, -0.2) is 0 Å². The van der Waals surface area contributed by atoms with Gasteiger partial charge in [0, 0.05) is 6.54 Å². The summed E-state index contributed by atoms with van der Waals surface area (Å²) in [7, 11) is 3.01. The average Bonchev–Trinajstić information content (AvgIpc) is 3.38. The van der Waals surface area contributed by atoms with E-state index >= 15 is 0 Å². The lowest BCUT2D eigenvalue weighted by atomic mass is 9.95. The average molecular weight is 433 g/mol. The van der Waals surface area contributed by atoms with E-state index in [4.69, 9.17) is 19.3 Å². The van der Waals surface area contributed by atoms with Crippen LogP contribution in [0.4, 0.5) is 0 Å². The molecule has 2 heterocycles. The van der Waals surface area contributed by atoms with E-state index in [1.54, 1.807) is 35.7 Å². The van der Waals surface area contributed by atoms with E-state index in [1.807, 2.05) is 0 Å². The number of aliphatic hydroxyl groups is 2. The molecule has 1 aliphatic rings. The normalized spacial score (nSPS) is 16.3. The number of hydrogen-bond acceptors (Lipinski definition) is 8. The van der Waals surface area contributed by atoms with E-state index in [0.29, 0.717) is 21.9 Å². The summed E-state index contributed by atoms with van der Waals surface area (Å²) in [4.78, 5) is 27.8. The molecule has 0 aliphatic carbocycles. The van der Waals surface area contributed by atoms with Crippen molar-refractivity contribution in [1.29, 1.82) is 0 Å². The molecule has 2 aromatic rings. The van der Waals surface area contributed by atoms with Crippen LogP contribution in [0.2, 0.25) is 0 Å². The molecule has 8 nitrogen and oxygen atoms in total. The Bertz CT molecular complexity index is 939. The number of rotatable bonds is 10. The van der Waals surface area contributed by atoms with Crippen LogP contribution < -0.4 is 9.47 Å². The highest BCUT2D eigenvalue weighted by atomic mass is 32.1. The Kier molecular flexibility index (Phi) is 7.09. The van der Waals surface area contributed by atoms with Gasteiger partial charge in [0.15, 0.2) is 17.3 Å². The number of carbonyl (C=O) groups is 2. The lowest BCUT2D eigenvalue weighted by molar-refractivity contribution is -0.130. The Balaban J connectivity index is 2.03. The number of Topliss-reactive ketones (excluding diaryl/α,β-unsaturated/α-hetero) is 1. The number of amides is 1. The summed E-state index contributed by atoms with van der Waals surface area (Å²) in [5.41, 5.74) is 0.601. The molecule has 0 saturated carbocycles. The molecule has 0 radical (unpaired) electrons. The van der Waals surface area contributed by atoms with E-state index in [9.17, 15) is 14.7 Å². The summed E-state index contributed by atoms with van der Waals surface area (Å²) < 4.78 is 15.9. The van der Waals surface area contributed by atoms with Gasteiger partial charge in [-0.3, -0.25) is 9.59 Å². The van der Waals surface area contributed by atoms with Crippen molar-refractivity contribution in [2.45, 2.75) is 6.04 Å². The third-order valence-electron chi connectivity index (χ3n) is 4.73. The zero-order valence-electron chi connectivity index (χ0n) is 16.7. The van der Waals surface area contributed by atoms with Crippen LogP contribution in [0, 0.1) is 0 Å². The second-order valence-corrected chi connectivity index (χ2v) is 7.37. The summed E-state index contributed by atoms with van der Waals surface area (Å²) in [6, 6.07) is 7.65. The summed E-state index contributed by atoms with van der Waals surface area (Å²) in [5.74, 6) is -0.692. The Morgan fingerprint density at radius 1 is 1.17 bits per heavy atom. The molecule has 30 heavy (non-hydrogen) atoms. The number of ether oxygens (including phenoxy) is 3. The Morgan fingerprint density at radius 3 is 2.57 bits per heavy atom. The molecule has 0 saturated heterocycles. The fraction of sp³-hybridized carbons (Fsp3) is 0.333. The minimum atomic E-state index is -0.815. The van der Waals surface area contributed by atoms with E-state index in [2.05, 4.69) is 0 Å². The Hall–Kier alpha value is -2.88. The quantitative estimate of drug-likeness (QED) is 0.438. The van der Waals surface area contributed by atoms with Crippen LogP contribution in [0.15, 0.2) is 47.0 Å². The molecule has 9 heteroatoms. The first kappa shape index (κ1) is 21.8. The Morgan fingerprint density at radius 2 is 1.93 bits per heavy atom. The van der Waals surface area contributed by atoms with Crippen molar-refractivity contribution in [2.24, 2.45) is 0 Å². The maximum absolute atomic E-state index is 13.1. The van der Waals surface area contributed by atoms with Gasteiger partial charge in [0.05, 0.1) is 50.5 Å². The van der Waals surface area contributed by atoms with Gasteiger partial charge in [-0.1, -0.05) is 12.1 Å². The minimum Gasteiger partial charge on any atom is -0.503 e. The van der Waals surface area contributed by atoms with Crippen LogP contribution >= 0.6 is 11.3 Å². The third-order valence-corrected chi connectivity index (χ3v) is 5.60. The number of hydrogen-bond donors (Lipinski definition) is 2. The second kappa shape index (κ2) is 9.75. The van der Waals surface area contributed by atoms with Crippen molar-refractivity contribution < 1.29 is 34.0 Å². The number of benzene rings is 1. The summed E-state index contributed by atoms with van der Waals surface area (Å²) in [6.45, 7) is 0.259. The van der Waals surface area contributed by atoms with Crippen LogP contribution in [-0.4, -0.2) is 67.4 Å². The first-order valence-corrected chi connectivity index (χ1v) is 10.1. The summed E-state index contributed by atoms with van der Waals surface area (Å²) >= 11 is 1.24. The first-order valence-electron chi connectivity index (χ1n) is 9.26. The van der Waals surface area contributed by atoms with Crippen molar-refractivity contribution in [3.05, 3.63) is 57.5 Å². The van der Waals surface area contributed by atoms with Crippen LogP contribution in [0.1, 0.15) is 21.3 Å². The van der Waals surface area contributed by atoms with Crippen LogP contribution in [0.5, 0.6) is 11.5 Å². The largest absolute Gasteiger partial charge is 0.503 e. The standard InChI is InChI=1S/C21H23NO7S/c1-27-14-6-5-13(12-15(14)28-2)18-17(19(24)16-4-3-11-30-16)20(25)21(26)22(18)7-9-29-10-8-23/h3-6,11-12,18,23,25H,7-10H2,1-2H3. The number of carbonyl (C=O) groups excluding carboxylic acids is 2. The molecule has 1 unspecified atom stereocenters. The molecule has 0 fully saturated rings. The second-order valence-electron chi connectivity index (χ2n) is 6.42. The van der Waals surface area contributed by atoms with E-state index < -0.39 is 23.5 Å². The fourth-order valence-corrected chi connectivity index (χ4v) is 4.03. The predicted molar refractivity (Wildman–Crippen MR) is 110 cm³/mol. The predicted octanol–water partition coefficient (Wildman–Crippen LogP) is 2.35. The van der Waals surface area contributed by atoms with E-state index in [-0.39, 0.29) is 31.9 Å². The molecule has 160 valence electrons. The number of thiophene rings is 1. The molecule has 2 N–H and O–H groups in total. The molecular formula is C21H23NO7S. The van der Waals surface area contributed by atoms with Crippen LogP contribution in [-0.2, 0) is 9.53 Å². The molecule has 1 amide bonds. The van der Waals surface area contributed by atoms with Crippen molar-refractivity contribution in [2.75, 3.05) is 40.6 Å². The van der Waals surface area contributed by atoms with Crippen molar-refractivity contribution in [3.8, 4) is 11.5 Å². The maximum atomic E-state index is 13.1. The van der Waals surface area contributed by atoms with Gasteiger partial charge in [-0.05, 0) is 29.1 Å². The number of methoxy groups -OCH3 is 2. The highest BCUT2D eigenvalue weighted by molar-refractivity contribution is 7.12. The van der Waals surface area contributed by atoms with Gasteiger partial charge in [-0.2, -0.15) is 0 Å². The highest BCUT2D eigenvalue weighted by Crippen LogP contribution is 2.41. The molecule has 1 aromatic heterocycles. The monoisotopic (exact) mass is 433 g/mol. The highest BCUT2D eigenvalue weighted by Gasteiger charge is 2.44. The van der Waals surface area contributed by atoms with Crippen LogP contribution in [0.25, 0.3) is 0 Å².